The van der Waals surface area contributed by atoms with Gasteiger partial charge in [-0.05, 0) is 24.1 Å². The molecule has 0 aliphatic carbocycles. The third kappa shape index (κ3) is 6.28. The smallest absolute Gasteiger partial charge is 0.260 e. The molecule has 35 heavy (non-hydrogen) atoms. The van der Waals surface area contributed by atoms with Crippen molar-refractivity contribution in [1.29, 1.82) is 0 Å². The SMILES string of the molecule is COc1ccccc1-c1csc2nc(CN(CC(C)C)CC(O)COc3ccccc3)[nH]c(=O)c12. The van der Waals surface area contributed by atoms with Crippen molar-refractivity contribution in [2.24, 2.45) is 5.92 Å². The van der Waals surface area contributed by atoms with Crippen molar-refractivity contribution in [2.75, 3.05) is 26.8 Å². The summed E-state index contributed by atoms with van der Waals surface area (Å²) in [7, 11) is 1.62. The number of H-pyrrole nitrogens is 1. The second kappa shape index (κ2) is 11.5. The van der Waals surface area contributed by atoms with E-state index >= 15 is 0 Å². The molecule has 2 aromatic heterocycles. The number of rotatable bonds is 11. The first kappa shape index (κ1) is 24.9. The summed E-state index contributed by atoms with van der Waals surface area (Å²) in [5.41, 5.74) is 1.50. The van der Waals surface area contributed by atoms with E-state index in [-0.39, 0.29) is 12.2 Å². The van der Waals surface area contributed by atoms with Gasteiger partial charge in [-0.15, -0.1) is 11.3 Å². The Balaban J connectivity index is 1.52. The first-order chi connectivity index (χ1) is 16.9. The summed E-state index contributed by atoms with van der Waals surface area (Å²) in [6.45, 7) is 6.02. The molecule has 4 rings (SSSR count). The highest BCUT2D eigenvalue weighted by atomic mass is 32.1. The molecule has 1 unspecified atom stereocenters. The van der Waals surface area contributed by atoms with Gasteiger partial charge in [0.1, 0.15) is 34.9 Å². The fourth-order valence-electron chi connectivity index (χ4n) is 4.13. The van der Waals surface area contributed by atoms with Crippen molar-refractivity contribution in [2.45, 2.75) is 26.5 Å². The molecule has 0 saturated carbocycles. The van der Waals surface area contributed by atoms with Gasteiger partial charge in [-0.2, -0.15) is 0 Å². The summed E-state index contributed by atoms with van der Waals surface area (Å²) in [6.07, 6.45) is -0.678. The number of aliphatic hydroxyl groups is 1. The molecule has 0 fully saturated rings. The van der Waals surface area contributed by atoms with E-state index in [1.165, 1.54) is 11.3 Å². The molecule has 0 bridgehead atoms. The van der Waals surface area contributed by atoms with Crippen LogP contribution in [0.4, 0.5) is 0 Å². The van der Waals surface area contributed by atoms with E-state index < -0.39 is 6.10 Å². The van der Waals surface area contributed by atoms with Gasteiger partial charge in [0.25, 0.3) is 5.56 Å². The van der Waals surface area contributed by atoms with E-state index in [4.69, 9.17) is 14.5 Å². The minimum atomic E-state index is -0.678. The lowest BCUT2D eigenvalue weighted by Crippen LogP contribution is -2.38. The molecule has 0 radical (unpaired) electrons. The third-order valence-corrected chi connectivity index (χ3v) is 6.41. The second-order valence-corrected chi connectivity index (χ2v) is 9.77. The predicted octanol–water partition coefficient (Wildman–Crippen LogP) is 4.56. The highest BCUT2D eigenvalue weighted by Crippen LogP contribution is 2.36. The van der Waals surface area contributed by atoms with Gasteiger partial charge in [0.15, 0.2) is 0 Å². The first-order valence-electron chi connectivity index (χ1n) is 11.7. The number of methoxy groups -OCH3 is 1. The van der Waals surface area contributed by atoms with Gasteiger partial charge < -0.3 is 19.6 Å². The Bertz CT molecular complexity index is 1300. The zero-order chi connectivity index (χ0) is 24.8. The third-order valence-electron chi connectivity index (χ3n) is 5.54. The lowest BCUT2D eigenvalue weighted by atomic mass is 10.1. The Morgan fingerprint density at radius 2 is 1.80 bits per heavy atom. The standard InChI is InChI=1S/C27H31N3O4S/c1-18(2)13-30(14-19(31)16-34-20-9-5-4-6-10-20)15-24-28-26(32)25-22(17-35-27(25)29-24)21-11-7-8-12-23(21)33-3/h4-12,17-19,31H,13-16H2,1-3H3,(H,28,29,32). The number of thiophene rings is 1. The summed E-state index contributed by atoms with van der Waals surface area (Å²) in [4.78, 5) is 23.6. The maximum absolute atomic E-state index is 13.1. The van der Waals surface area contributed by atoms with E-state index in [9.17, 15) is 9.90 Å². The number of aliphatic hydroxyl groups excluding tert-OH is 1. The van der Waals surface area contributed by atoms with Gasteiger partial charge in [-0.25, -0.2) is 4.98 Å². The van der Waals surface area contributed by atoms with Crippen LogP contribution in [0.2, 0.25) is 0 Å². The number of aromatic nitrogens is 2. The normalized spacial score (nSPS) is 12.4. The van der Waals surface area contributed by atoms with Gasteiger partial charge in [0.2, 0.25) is 0 Å². The van der Waals surface area contributed by atoms with Crippen LogP contribution in [-0.4, -0.2) is 52.9 Å². The van der Waals surface area contributed by atoms with Gasteiger partial charge in [-0.3, -0.25) is 9.69 Å². The van der Waals surface area contributed by atoms with Crippen LogP contribution < -0.4 is 15.0 Å². The minimum Gasteiger partial charge on any atom is -0.496 e. The molecular weight excluding hydrogens is 462 g/mol. The van der Waals surface area contributed by atoms with Crippen LogP contribution in [0.15, 0.2) is 64.8 Å². The Hall–Kier alpha value is -3.20. The molecule has 2 N–H and O–H groups in total. The number of ether oxygens (including phenoxy) is 2. The molecule has 0 saturated heterocycles. The number of benzene rings is 2. The van der Waals surface area contributed by atoms with Crippen LogP contribution in [-0.2, 0) is 6.54 Å². The Morgan fingerprint density at radius 1 is 1.06 bits per heavy atom. The number of aromatic amines is 1. The first-order valence-corrected chi connectivity index (χ1v) is 12.5. The zero-order valence-electron chi connectivity index (χ0n) is 20.2. The number of hydrogen-bond acceptors (Lipinski definition) is 7. The number of hydrogen-bond donors (Lipinski definition) is 2. The molecule has 184 valence electrons. The summed E-state index contributed by atoms with van der Waals surface area (Å²) in [6, 6.07) is 17.1. The molecule has 7 nitrogen and oxygen atoms in total. The van der Waals surface area contributed by atoms with Crippen LogP contribution >= 0.6 is 11.3 Å². The average molecular weight is 494 g/mol. The summed E-state index contributed by atoms with van der Waals surface area (Å²) < 4.78 is 11.2. The van der Waals surface area contributed by atoms with Crippen LogP contribution in [0.3, 0.4) is 0 Å². The highest BCUT2D eigenvalue weighted by molar-refractivity contribution is 7.17. The molecular formula is C27H31N3O4S. The zero-order valence-corrected chi connectivity index (χ0v) is 21.0. The molecule has 1 atom stereocenters. The summed E-state index contributed by atoms with van der Waals surface area (Å²) >= 11 is 1.44. The van der Waals surface area contributed by atoms with E-state index in [2.05, 4.69) is 23.7 Å². The lowest BCUT2D eigenvalue weighted by Gasteiger charge is -2.26. The van der Waals surface area contributed by atoms with Crippen LogP contribution in [0.25, 0.3) is 21.3 Å². The maximum atomic E-state index is 13.1. The van der Waals surface area contributed by atoms with Gasteiger partial charge in [0.05, 0.1) is 19.0 Å². The van der Waals surface area contributed by atoms with Crippen molar-refractivity contribution in [3.05, 3.63) is 76.2 Å². The number of nitrogens with one attached hydrogen (secondary N) is 1. The Kier molecular flexibility index (Phi) is 8.17. The highest BCUT2D eigenvalue weighted by Gasteiger charge is 2.19. The molecule has 0 aliphatic rings. The minimum absolute atomic E-state index is 0.176. The van der Waals surface area contributed by atoms with E-state index in [0.717, 1.165) is 23.4 Å². The number of fused-ring (bicyclic) bond motifs is 1. The number of para-hydroxylation sites is 2. The van der Waals surface area contributed by atoms with E-state index in [0.29, 0.717) is 40.8 Å². The summed E-state index contributed by atoms with van der Waals surface area (Å²) in [5, 5.41) is 13.1. The fourth-order valence-corrected chi connectivity index (χ4v) is 5.08. The van der Waals surface area contributed by atoms with Crippen molar-refractivity contribution < 1.29 is 14.6 Å². The molecule has 2 heterocycles. The van der Waals surface area contributed by atoms with Crippen LogP contribution in [0.5, 0.6) is 11.5 Å². The Morgan fingerprint density at radius 3 is 2.54 bits per heavy atom. The lowest BCUT2D eigenvalue weighted by molar-refractivity contribution is 0.0606. The van der Waals surface area contributed by atoms with Crippen molar-refractivity contribution in [1.82, 2.24) is 14.9 Å². The topological polar surface area (TPSA) is 87.7 Å². The molecule has 0 amide bonds. The van der Waals surface area contributed by atoms with Crippen LogP contribution in [0, 0.1) is 5.92 Å². The van der Waals surface area contributed by atoms with Gasteiger partial charge in [-0.1, -0.05) is 50.2 Å². The summed E-state index contributed by atoms with van der Waals surface area (Å²) in [5.74, 6) is 2.40. The number of nitrogens with zero attached hydrogens (tertiary/aromatic N) is 2. The van der Waals surface area contributed by atoms with Crippen molar-refractivity contribution in [3.63, 3.8) is 0 Å². The average Bonchev–Trinajstić information content (AvgIpc) is 3.27. The second-order valence-electron chi connectivity index (χ2n) is 8.91. The predicted molar refractivity (Wildman–Crippen MR) is 140 cm³/mol. The molecule has 8 heteroatoms. The van der Waals surface area contributed by atoms with E-state index in [1.807, 2.05) is 60.0 Å². The molecule has 0 aliphatic heterocycles. The quantitative estimate of drug-likeness (QED) is 0.319. The maximum Gasteiger partial charge on any atom is 0.260 e. The molecule has 0 spiro atoms. The monoisotopic (exact) mass is 493 g/mol. The van der Waals surface area contributed by atoms with Crippen molar-refractivity contribution >= 4 is 21.6 Å². The largest absolute Gasteiger partial charge is 0.496 e. The fraction of sp³-hybridized carbons (Fsp3) is 0.333. The van der Waals surface area contributed by atoms with Crippen molar-refractivity contribution in [3.8, 4) is 22.6 Å². The molecule has 2 aromatic carbocycles. The van der Waals surface area contributed by atoms with Gasteiger partial charge >= 0.3 is 0 Å². The van der Waals surface area contributed by atoms with E-state index in [1.54, 1.807) is 7.11 Å². The molecule has 4 aromatic rings. The van der Waals surface area contributed by atoms with Crippen LogP contribution in [0.1, 0.15) is 19.7 Å². The van der Waals surface area contributed by atoms with Gasteiger partial charge in [0, 0.05) is 29.6 Å². The Labute approximate surface area is 209 Å².